The Morgan fingerprint density at radius 2 is 1.61 bits per heavy atom. The minimum Gasteiger partial charge on any atom is -0.507 e. The predicted octanol–water partition coefficient (Wildman–Crippen LogP) is -0.960. The molecule has 10 heteroatoms. The van der Waals surface area contributed by atoms with E-state index >= 15 is 0 Å². The van der Waals surface area contributed by atoms with Gasteiger partial charge in [0.2, 0.25) is 5.78 Å². The molecule has 0 aromatic heterocycles. The van der Waals surface area contributed by atoms with Crippen molar-refractivity contribution in [3.63, 3.8) is 0 Å². The monoisotopic (exact) mass is 434 g/mol. The summed E-state index contributed by atoms with van der Waals surface area (Å²) in [5.41, 5.74) is 0.389. The van der Waals surface area contributed by atoms with Gasteiger partial charge >= 0.3 is 0 Å². The average molecular weight is 434 g/mol. The lowest BCUT2D eigenvalue weighted by atomic mass is 9.81. The summed E-state index contributed by atoms with van der Waals surface area (Å²) in [5.74, 6) is -1.43. The van der Waals surface area contributed by atoms with Crippen molar-refractivity contribution in [3.05, 3.63) is 58.1 Å². The highest BCUT2D eigenvalue weighted by Gasteiger charge is 2.46. The molecule has 0 bridgehead atoms. The van der Waals surface area contributed by atoms with E-state index in [4.69, 9.17) is 9.47 Å². The Bertz CT molecular complexity index is 1000. The van der Waals surface area contributed by atoms with Gasteiger partial charge in [0, 0.05) is 11.1 Å². The lowest BCUT2D eigenvalue weighted by Crippen LogP contribution is -2.59. The van der Waals surface area contributed by atoms with Gasteiger partial charge in [-0.1, -0.05) is 12.1 Å². The standard InChI is InChI=1S/C21H22O10/c22-6-8-4-10-15(12(25)5-8)17(27)14-9(2-1-3-11(14)24)20(10)31-21-19(29)18(28)16(26)13(7-23)30-21/h1-5,13,16,18-26,28-29H,6-7H2/t13-,16-,18+,19-,20-,21-/m0/s1. The molecule has 1 aliphatic heterocycles. The molecule has 10 nitrogen and oxygen atoms in total. The fourth-order valence-electron chi connectivity index (χ4n) is 4.03. The zero-order valence-electron chi connectivity index (χ0n) is 16.1. The second-order valence-corrected chi connectivity index (χ2v) is 7.52. The molecular formula is C21H22O10. The second kappa shape index (κ2) is 8.17. The number of ether oxygens (including phenoxy) is 2. The van der Waals surface area contributed by atoms with Gasteiger partial charge in [0.1, 0.15) is 42.0 Å². The molecule has 0 unspecified atom stereocenters. The van der Waals surface area contributed by atoms with Crippen molar-refractivity contribution >= 4 is 5.78 Å². The van der Waals surface area contributed by atoms with Crippen LogP contribution in [-0.2, 0) is 16.1 Å². The summed E-state index contributed by atoms with van der Waals surface area (Å²) in [6, 6.07) is 6.94. The van der Waals surface area contributed by atoms with E-state index in [-0.39, 0.29) is 33.6 Å². The number of hydrogen-bond donors (Lipinski definition) is 7. The van der Waals surface area contributed by atoms with Gasteiger partial charge in [0.05, 0.1) is 24.3 Å². The van der Waals surface area contributed by atoms with Gasteiger partial charge < -0.3 is 45.2 Å². The van der Waals surface area contributed by atoms with Gasteiger partial charge in [-0.15, -0.1) is 0 Å². The first-order chi connectivity index (χ1) is 14.8. The molecule has 7 N–H and O–H groups in total. The van der Waals surface area contributed by atoms with Crippen molar-refractivity contribution in [3.8, 4) is 11.5 Å². The lowest BCUT2D eigenvalue weighted by Gasteiger charge is -2.41. The highest BCUT2D eigenvalue weighted by atomic mass is 16.7. The fourth-order valence-corrected chi connectivity index (χ4v) is 4.03. The smallest absolute Gasteiger partial charge is 0.201 e. The maximum Gasteiger partial charge on any atom is 0.201 e. The molecule has 2 aliphatic rings. The maximum atomic E-state index is 13.0. The number of fused-ring (bicyclic) bond motifs is 2. The van der Waals surface area contributed by atoms with Crippen LogP contribution in [0.5, 0.6) is 11.5 Å². The molecular weight excluding hydrogens is 412 g/mol. The summed E-state index contributed by atoms with van der Waals surface area (Å²) in [6.07, 6.45) is -8.86. The van der Waals surface area contributed by atoms with E-state index in [1.807, 2.05) is 0 Å². The molecule has 0 spiro atoms. The average Bonchev–Trinajstić information content (AvgIpc) is 2.75. The zero-order chi connectivity index (χ0) is 22.4. The molecule has 0 radical (unpaired) electrons. The van der Waals surface area contributed by atoms with Gasteiger partial charge in [-0.05, 0) is 23.8 Å². The van der Waals surface area contributed by atoms with Gasteiger partial charge in [0.25, 0.3) is 0 Å². The van der Waals surface area contributed by atoms with E-state index in [1.54, 1.807) is 0 Å². The van der Waals surface area contributed by atoms with Gasteiger partial charge in [-0.2, -0.15) is 0 Å². The van der Waals surface area contributed by atoms with E-state index in [2.05, 4.69) is 0 Å². The van der Waals surface area contributed by atoms with Crippen molar-refractivity contribution < 1.29 is 50.0 Å². The summed E-state index contributed by atoms with van der Waals surface area (Å²) >= 11 is 0. The number of carbonyl (C=O) groups excluding carboxylic acids is 1. The Kier molecular flexibility index (Phi) is 5.71. The number of aliphatic hydroxyl groups excluding tert-OH is 5. The maximum absolute atomic E-state index is 13.0. The van der Waals surface area contributed by atoms with Crippen LogP contribution < -0.4 is 0 Å². The van der Waals surface area contributed by atoms with Crippen LogP contribution in [0.1, 0.15) is 38.7 Å². The Balaban J connectivity index is 1.83. The third-order valence-electron chi connectivity index (χ3n) is 5.60. The van der Waals surface area contributed by atoms with E-state index in [0.29, 0.717) is 0 Å². The van der Waals surface area contributed by atoms with Crippen LogP contribution in [0.15, 0.2) is 30.3 Å². The minimum absolute atomic E-state index is 0.114. The van der Waals surface area contributed by atoms with E-state index in [9.17, 15) is 40.5 Å². The van der Waals surface area contributed by atoms with Crippen molar-refractivity contribution in [1.82, 2.24) is 0 Å². The largest absolute Gasteiger partial charge is 0.507 e. The lowest BCUT2D eigenvalue weighted by molar-refractivity contribution is -0.309. The number of phenols is 2. The highest BCUT2D eigenvalue weighted by Crippen LogP contribution is 2.45. The van der Waals surface area contributed by atoms with Crippen molar-refractivity contribution in [2.45, 2.75) is 43.4 Å². The normalized spacial score (nSPS) is 30.0. The van der Waals surface area contributed by atoms with Crippen LogP contribution in [0.3, 0.4) is 0 Å². The number of ketones is 1. The molecule has 1 saturated heterocycles. The summed E-state index contributed by atoms with van der Waals surface area (Å²) in [5, 5.41) is 70.1. The van der Waals surface area contributed by atoms with Gasteiger partial charge in [-0.3, -0.25) is 4.79 Å². The summed E-state index contributed by atoms with van der Waals surface area (Å²) in [4.78, 5) is 13.0. The first-order valence-electron chi connectivity index (χ1n) is 9.57. The summed E-state index contributed by atoms with van der Waals surface area (Å²) < 4.78 is 11.3. The Hall–Kier alpha value is -2.57. The fraction of sp³-hybridized carbons (Fsp3) is 0.381. The number of carbonyl (C=O) groups is 1. The molecule has 0 amide bonds. The topological polar surface area (TPSA) is 177 Å². The highest BCUT2D eigenvalue weighted by molar-refractivity contribution is 6.15. The Labute approximate surface area is 176 Å². The van der Waals surface area contributed by atoms with Crippen LogP contribution in [0.4, 0.5) is 0 Å². The van der Waals surface area contributed by atoms with Crippen LogP contribution in [0.2, 0.25) is 0 Å². The van der Waals surface area contributed by atoms with Crippen molar-refractivity contribution in [1.29, 1.82) is 0 Å². The van der Waals surface area contributed by atoms with Crippen molar-refractivity contribution in [2.24, 2.45) is 0 Å². The van der Waals surface area contributed by atoms with Crippen LogP contribution in [0, 0.1) is 0 Å². The first-order valence-corrected chi connectivity index (χ1v) is 9.57. The van der Waals surface area contributed by atoms with Gasteiger partial charge in [-0.25, -0.2) is 0 Å². The van der Waals surface area contributed by atoms with E-state index in [0.717, 1.165) is 0 Å². The third kappa shape index (κ3) is 3.48. The molecule has 31 heavy (non-hydrogen) atoms. The number of aromatic hydroxyl groups is 2. The molecule has 2 aromatic carbocycles. The quantitative estimate of drug-likeness (QED) is 0.317. The summed E-state index contributed by atoms with van der Waals surface area (Å²) in [7, 11) is 0. The predicted molar refractivity (Wildman–Crippen MR) is 102 cm³/mol. The number of rotatable bonds is 4. The molecule has 1 heterocycles. The van der Waals surface area contributed by atoms with Crippen LogP contribution >= 0.6 is 0 Å². The second-order valence-electron chi connectivity index (χ2n) is 7.52. The van der Waals surface area contributed by atoms with Gasteiger partial charge in [0.15, 0.2) is 6.29 Å². The molecule has 166 valence electrons. The Morgan fingerprint density at radius 1 is 0.903 bits per heavy atom. The summed E-state index contributed by atoms with van der Waals surface area (Å²) in [6.45, 7) is -1.09. The molecule has 4 rings (SSSR count). The third-order valence-corrected chi connectivity index (χ3v) is 5.60. The SMILES string of the molecule is O=C1c2c(O)cccc2[C@H](O[C@@H]2O[C@@H](CO)[C@H](O)[C@@H](O)[C@@H]2O)c2cc(CO)cc(O)c21. The molecule has 1 fully saturated rings. The molecule has 2 aromatic rings. The number of hydrogen-bond acceptors (Lipinski definition) is 10. The Morgan fingerprint density at radius 3 is 2.29 bits per heavy atom. The molecule has 6 atom stereocenters. The van der Waals surface area contributed by atoms with E-state index in [1.165, 1.54) is 30.3 Å². The van der Waals surface area contributed by atoms with E-state index < -0.39 is 61.6 Å². The number of phenolic OH excluding ortho intramolecular Hbond substituents is 2. The van der Waals surface area contributed by atoms with Crippen LogP contribution in [-0.4, -0.2) is 78.8 Å². The van der Waals surface area contributed by atoms with Crippen molar-refractivity contribution in [2.75, 3.05) is 6.61 Å². The van der Waals surface area contributed by atoms with Crippen LogP contribution in [0.25, 0.3) is 0 Å². The molecule has 1 aliphatic carbocycles. The first kappa shape index (κ1) is 21.7. The zero-order valence-corrected chi connectivity index (χ0v) is 16.1. The molecule has 0 saturated carbocycles. The minimum atomic E-state index is -1.70. The number of aliphatic hydroxyl groups is 5. The number of benzene rings is 2.